The summed E-state index contributed by atoms with van der Waals surface area (Å²) < 4.78 is 31.8. The van der Waals surface area contributed by atoms with E-state index in [4.69, 9.17) is 15.5 Å². The summed E-state index contributed by atoms with van der Waals surface area (Å²) in [6.45, 7) is 3.15. The van der Waals surface area contributed by atoms with E-state index in [0.29, 0.717) is 24.7 Å². The minimum atomic E-state index is -3.63. The average molecular weight is 585 g/mol. The Morgan fingerprint density at radius 1 is 1.05 bits per heavy atom. The molecular weight excluding hydrogens is 548 g/mol. The van der Waals surface area contributed by atoms with Crippen molar-refractivity contribution in [2.24, 2.45) is 5.73 Å². The van der Waals surface area contributed by atoms with Crippen LogP contribution >= 0.6 is 0 Å². The summed E-state index contributed by atoms with van der Waals surface area (Å²) in [5.41, 5.74) is 13.2. The number of pyridine rings is 2. The monoisotopic (exact) mass is 584 g/mol. The van der Waals surface area contributed by atoms with Gasteiger partial charge in [0.15, 0.2) is 5.44 Å². The van der Waals surface area contributed by atoms with E-state index in [2.05, 4.69) is 38.7 Å². The number of anilines is 3. The lowest BCUT2D eigenvalue weighted by atomic mass is 9.91. The number of nitrogens with zero attached hydrogens (tertiary/aromatic N) is 3. The Kier molecular flexibility index (Phi) is 7.31. The molecule has 2 atom stereocenters. The number of aromatic nitrogens is 2. The van der Waals surface area contributed by atoms with Gasteiger partial charge in [-0.2, -0.15) is 0 Å². The van der Waals surface area contributed by atoms with Crippen LogP contribution in [0.1, 0.15) is 30.5 Å². The summed E-state index contributed by atoms with van der Waals surface area (Å²) in [4.78, 5) is 12.3. The fourth-order valence-corrected chi connectivity index (χ4v) is 7.88. The number of nitrogens with two attached hydrogens (primary N) is 1. The Labute approximate surface area is 246 Å². The zero-order valence-electron chi connectivity index (χ0n) is 23.6. The second-order valence-electron chi connectivity index (χ2n) is 11.5. The van der Waals surface area contributed by atoms with Crippen LogP contribution < -0.4 is 21.3 Å². The van der Waals surface area contributed by atoms with Crippen molar-refractivity contribution in [3.8, 4) is 11.1 Å². The fourth-order valence-electron chi connectivity index (χ4n) is 6.40. The molecule has 3 aliphatic rings. The smallest absolute Gasteiger partial charge is 0.206 e. The third kappa shape index (κ3) is 5.24. The first kappa shape index (κ1) is 27.3. The molecule has 2 saturated heterocycles. The van der Waals surface area contributed by atoms with Crippen molar-refractivity contribution >= 4 is 37.9 Å². The number of hydrogen-bond donors (Lipinski definition) is 3. The molecule has 4 N–H and O–H groups in total. The Balaban J connectivity index is 1.21. The molecule has 1 aliphatic carbocycles. The van der Waals surface area contributed by atoms with Crippen molar-refractivity contribution in [3.05, 3.63) is 72.1 Å². The molecule has 42 heavy (non-hydrogen) atoms. The van der Waals surface area contributed by atoms with Gasteiger partial charge in [0.2, 0.25) is 9.84 Å². The predicted molar refractivity (Wildman–Crippen MR) is 166 cm³/mol. The van der Waals surface area contributed by atoms with E-state index in [1.807, 2.05) is 18.2 Å². The fraction of sp³-hybridized carbons (Fsp3) is 0.375. The quantitative estimate of drug-likeness (QED) is 0.306. The third-order valence-electron chi connectivity index (χ3n) is 8.54. The van der Waals surface area contributed by atoms with Crippen LogP contribution in [-0.4, -0.2) is 62.6 Å². The topological polar surface area (TPSA) is 122 Å². The van der Waals surface area contributed by atoms with Crippen LogP contribution in [0.2, 0.25) is 0 Å². The second kappa shape index (κ2) is 11.3. The standard InChI is InChI=1S/C32H36N6O3S/c33-23-11-14-38(20-23)32-26-6-1-2-7-28(26)37-29-9-8-21(16-27(29)32)22-10-12-35-30(17-22)36-24-4-3-5-25(18-24)42(39,40)31-19-34-13-15-41-31/h3-5,8-10,12,16-18,23,31,34H,1-2,6-7,11,13-15,19-20,33H2,(H,35,36)/t23?,31-/m1/s1. The highest BCUT2D eigenvalue weighted by Gasteiger charge is 2.30. The molecule has 0 spiro atoms. The van der Waals surface area contributed by atoms with Gasteiger partial charge in [-0.25, -0.2) is 13.4 Å². The van der Waals surface area contributed by atoms with E-state index in [-0.39, 0.29) is 17.5 Å². The van der Waals surface area contributed by atoms with Gasteiger partial charge in [0, 0.05) is 55.2 Å². The molecule has 4 aromatic rings. The van der Waals surface area contributed by atoms with Gasteiger partial charge in [0.05, 0.1) is 22.7 Å². The van der Waals surface area contributed by atoms with Crippen molar-refractivity contribution in [2.45, 2.75) is 48.5 Å². The highest BCUT2D eigenvalue weighted by Crippen LogP contribution is 2.39. The Bertz CT molecular complexity index is 1740. The van der Waals surface area contributed by atoms with Crippen molar-refractivity contribution in [1.29, 1.82) is 0 Å². The third-order valence-corrected chi connectivity index (χ3v) is 10.4. The van der Waals surface area contributed by atoms with Gasteiger partial charge in [0.25, 0.3) is 0 Å². The van der Waals surface area contributed by atoms with Crippen LogP contribution in [0.5, 0.6) is 0 Å². The molecule has 2 aliphatic heterocycles. The Hall–Kier alpha value is -3.57. The maximum absolute atomic E-state index is 13.1. The van der Waals surface area contributed by atoms with Gasteiger partial charge in [0.1, 0.15) is 5.82 Å². The molecule has 10 heteroatoms. The number of morpholine rings is 1. The molecule has 0 bridgehead atoms. The number of aryl methyl sites for hydroxylation is 1. The second-order valence-corrected chi connectivity index (χ2v) is 13.5. The largest absolute Gasteiger partial charge is 0.369 e. The van der Waals surface area contributed by atoms with E-state index < -0.39 is 15.3 Å². The molecule has 7 rings (SSSR count). The lowest BCUT2D eigenvalue weighted by molar-refractivity contribution is 0.0785. The van der Waals surface area contributed by atoms with Gasteiger partial charge in [-0.3, -0.25) is 4.98 Å². The molecule has 0 amide bonds. The maximum atomic E-state index is 13.1. The minimum Gasteiger partial charge on any atom is -0.369 e. The minimum absolute atomic E-state index is 0.199. The van der Waals surface area contributed by atoms with E-state index in [9.17, 15) is 8.42 Å². The van der Waals surface area contributed by atoms with E-state index >= 15 is 0 Å². The molecule has 4 heterocycles. The Morgan fingerprint density at radius 2 is 1.93 bits per heavy atom. The SMILES string of the molecule is NC1CCN(c2c3c(nc4ccc(-c5ccnc(Nc6cccc(S(=O)(=O)[C@@H]7CNCCO7)c6)c5)cc24)CCCC3)C1. The number of sulfone groups is 1. The zero-order valence-corrected chi connectivity index (χ0v) is 24.4. The molecule has 1 unspecified atom stereocenters. The summed E-state index contributed by atoms with van der Waals surface area (Å²) in [6, 6.07) is 17.5. The lowest BCUT2D eigenvalue weighted by Crippen LogP contribution is -2.43. The van der Waals surface area contributed by atoms with Gasteiger partial charge in [-0.15, -0.1) is 0 Å². The van der Waals surface area contributed by atoms with Crippen molar-refractivity contribution in [3.63, 3.8) is 0 Å². The van der Waals surface area contributed by atoms with Gasteiger partial charge >= 0.3 is 0 Å². The van der Waals surface area contributed by atoms with E-state index in [1.54, 1.807) is 24.4 Å². The molecule has 9 nitrogen and oxygen atoms in total. The number of nitrogens with one attached hydrogen (secondary N) is 2. The first-order valence-corrected chi connectivity index (χ1v) is 16.4. The van der Waals surface area contributed by atoms with Crippen LogP contribution in [0.4, 0.5) is 17.2 Å². The zero-order chi connectivity index (χ0) is 28.7. The van der Waals surface area contributed by atoms with Crippen LogP contribution in [0, 0.1) is 0 Å². The number of fused-ring (bicyclic) bond motifs is 2. The van der Waals surface area contributed by atoms with E-state index in [0.717, 1.165) is 49.0 Å². The van der Waals surface area contributed by atoms with E-state index in [1.165, 1.54) is 35.2 Å². The molecule has 2 aromatic carbocycles. The normalized spacial score (nSPS) is 20.9. The predicted octanol–water partition coefficient (Wildman–Crippen LogP) is 4.18. The molecule has 2 fully saturated rings. The average Bonchev–Trinajstić information content (AvgIpc) is 3.45. The number of hydrogen-bond acceptors (Lipinski definition) is 9. The number of ether oxygens (including phenoxy) is 1. The molecular formula is C32H36N6O3S. The van der Waals surface area contributed by atoms with Crippen molar-refractivity contribution in [2.75, 3.05) is 43.0 Å². The summed E-state index contributed by atoms with van der Waals surface area (Å²) in [5.74, 6) is 0.632. The lowest BCUT2D eigenvalue weighted by Gasteiger charge is -2.28. The summed E-state index contributed by atoms with van der Waals surface area (Å²) >= 11 is 0. The van der Waals surface area contributed by atoms with Crippen molar-refractivity contribution in [1.82, 2.24) is 15.3 Å². The molecule has 218 valence electrons. The van der Waals surface area contributed by atoms with Crippen LogP contribution in [-0.2, 0) is 27.4 Å². The van der Waals surface area contributed by atoms with Crippen LogP contribution in [0.3, 0.4) is 0 Å². The number of benzene rings is 2. The highest BCUT2D eigenvalue weighted by atomic mass is 32.2. The molecule has 2 aromatic heterocycles. The Morgan fingerprint density at radius 3 is 2.76 bits per heavy atom. The molecule has 0 radical (unpaired) electrons. The maximum Gasteiger partial charge on any atom is 0.206 e. The highest BCUT2D eigenvalue weighted by molar-refractivity contribution is 7.92. The first-order valence-electron chi connectivity index (χ1n) is 14.8. The van der Waals surface area contributed by atoms with Gasteiger partial charge < -0.3 is 26.0 Å². The van der Waals surface area contributed by atoms with Gasteiger partial charge in [-0.05, 0) is 91.3 Å². The van der Waals surface area contributed by atoms with Crippen LogP contribution in [0.25, 0.3) is 22.0 Å². The number of rotatable bonds is 6. The summed E-state index contributed by atoms with van der Waals surface area (Å²) in [6.07, 6.45) is 7.26. The summed E-state index contributed by atoms with van der Waals surface area (Å²) in [7, 11) is -3.63. The van der Waals surface area contributed by atoms with Crippen LogP contribution in [0.15, 0.2) is 65.7 Å². The van der Waals surface area contributed by atoms with Gasteiger partial charge in [-0.1, -0.05) is 12.1 Å². The molecule has 0 saturated carbocycles. The van der Waals surface area contributed by atoms with Crippen molar-refractivity contribution < 1.29 is 13.2 Å². The first-order chi connectivity index (χ1) is 20.5. The summed E-state index contributed by atoms with van der Waals surface area (Å²) in [5, 5.41) is 7.57.